The van der Waals surface area contributed by atoms with Gasteiger partial charge in [-0.15, -0.1) is 0 Å². The Bertz CT molecular complexity index is 812. The minimum atomic E-state index is -1.04. The monoisotopic (exact) mass is 494 g/mol. The van der Waals surface area contributed by atoms with E-state index >= 15 is 0 Å². The molecule has 148 valence electrons. The van der Waals surface area contributed by atoms with Crippen LogP contribution < -0.4 is 5.73 Å². The van der Waals surface area contributed by atoms with Crippen LogP contribution >= 0.6 is 22.9 Å². The van der Waals surface area contributed by atoms with E-state index in [2.05, 4.69) is 12.1 Å². The number of carboxylic acid groups (broad SMARTS) is 1. The SMILES string of the molecule is NCCCC[C@@H](C(=O)O)N(I)C(=O)OCC1c2ccccc2-c2ccccc21. The normalized spacial score (nSPS) is 13.5. The van der Waals surface area contributed by atoms with Crippen LogP contribution in [0.1, 0.15) is 36.3 Å². The number of hydrogen-bond acceptors (Lipinski definition) is 4. The van der Waals surface area contributed by atoms with Crippen molar-refractivity contribution in [2.75, 3.05) is 13.2 Å². The number of ether oxygens (including phenoxy) is 1. The molecule has 1 amide bonds. The minimum Gasteiger partial charge on any atom is -0.480 e. The lowest BCUT2D eigenvalue weighted by Crippen LogP contribution is -2.39. The first-order valence-corrected chi connectivity index (χ1v) is 10.2. The Morgan fingerprint density at radius 2 is 1.64 bits per heavy atom. The molecular weight excluding hydrogens is 471 g/mol. The van der Waals surface area contributed by atoms with Crippen molar-refractivity contribution in [3.05, 3.63) is 59.7 Å². The number of halogens is 1. The van der Waals surface area contributed by atoms with Crippen LogP contribution in [0.3, 0.4) is 0 Å². The van der Waals surface area contributed by atoms with Crippen LogP contribution in [0.15, 0.2) is 48.5 Å². The fraction of sp³-hybridized carbons (Fsp3) is 0.333. The average molecular weight is 494 g/mol. The average Bonchev–Trinajstić information content (AvgIpc) is 3.02. The van der Waals surface area contributed by atoms with Gasteiger partial charge in [-0.05, 0) is 48.1 Å². The topological polar surface area (TPSA) is 92.9 Å². The standard InChI is InChI=1S/C21H23IN2O4/c22-24(19(20(25)26)11-5-6-12-23)21(27)28-13-18-16-9-3-1-7-14(16)15-8-2-4-10-17(15)18/h1-4,7-10,18-19H,5-6,11-13,23H2,(H,25,26)/t19-/m0/s1. The number of benzene rings is 2. The fourth-order valence-electron chi connectivity index (χ4n) is 3.60. The van der Waals surface area contributed by atoms with E-state index in [4.69, 9.17) is 10.5 Å². The van der Waals surface area contributed by atoms with Gasteiger partial charge in [0.05, 0.1) is 22.9 Å². The number of carbonyl (C=O) groups is 2. The summed E-state index contributed by atoms with van der Waals surface area (Å²) in [7, 11) is 0. The number of rotatable bonds is 8. The molecule has 0 aliphatic heterocycles. The van der Waals surface area contributed by atoms with Crippen LogP contribution in [0.2, 0.25) is 0 Å². The van der Waals surface area contributed by atoms with Crippen LogP contribution in [-0.2, 0) is 9.53 Å². The molecule has 28 heavy (non-hydrogen) atoms. The molecule has 1 aliphatic rings. The Labute approximate surface area is 178 Å². The molecule has 0 spiro atoms. The highest BCUT2D eigenvalue weighted by molar-refractivity contribution is 14.1. The molecule has 2 aromatic rings. The maximum atomic E-state index is 12.5. The molecule has 0 bridgehead atoms. The van der Waals surface area contributed by atoms with Crippen molar-refractivity contribution in [3.8, 4) is 11.1 Å². The first-order chi connectivity index (χ1) is 13.5. The highest BCUT2D eigenvalue weighted by atomic mass is 127. The summed E-state index contributed by atoms with van der Waals surface area (Å²) in [6.07, 6.45) is 1.07. The summed E-state index contributed by atoms with van der Waals surface area (Å²) in [5, 5.41) is 9.45. The molecule has 3 N–H and O–H groups in total. The summed E-state index contributed by atoms with van der Waals surface area (Å²) in [5.41, 5.74) is 10.0. The zero-order valence-electron chi connectivity index (χ0n) is 15.4. The van der Waals surface area contributed by atoms with Gasteiger partial charge in [0.2, 0.25) is 0 Å². The highest BCUT2D eigenvalue weighted by Crippen LogP contribution is 2.44. The molecule has 0 fully saturated rings. The van der Waals surface area contributed by atoms with E-state index in [0.29, 0.717) is 19.4 Å². The fourth-order valence-corrected chi connectivity index (χ4v) is 4.25. The van der Waals surface area contributed by atoms with Crippen molar-refractivity contribution in [2.45, 2.75) is 31.2 Å². The van der Waals surface area contributed by atoms with E-state index in [1.165, 1.54) is 0 Å². The van der Waals surface area contributed by atoms with Gasteiger partial charge < -0.3 is 15.6 Å². The van der Waals surface area contributed by atoms with Gasteiger partial charge in [0.15, 0.2) is 0 Å². The van der Waals surface area contributed by atoms with Crippen molar-refractivity contribution in [1.82, 2.24) is 3.11 Å². The molecule has 3 rings (SSSR count). The van der Waals surface area contributed by atoms with Gasteiger partial charge in [-0.25, -0.2) is 12.7 Å². The van der Waals surface area contributed by atoms with Crippen LogP contribution in [-0.4, -0.2) is 39.5 Å². The Hall–Kier alpha value is -2.13. The first-order valence-electron chi connectivity index (χ1n) is 9.27. The Morgan fingerprint density at radius 3 is 2.18 bits per heavy atom. The molecule has 1 aliphatic carbocycles. The lowest BCUT2D eigenvalue weighted by molar-refractivity contribution is -0.140. The number of hydrogen-bond donors (Lipinski definition) is 2. The van der Waals surface area contributed by atoms with Gasteiger partial charge in [0.25, 0.3) is 0 Å². The number of nitrogens with zero attached hydrogens (tertiary/aromatic N) is 1. The third-order valence-corrected chi connectivity index (χ3v) is 6.07. The Balaban J connectivity index is 1.69. The maximum absolute atomic E-state index is 12.5. The van der Waals surface area contributed by atoms with Crippen molar-refractivity contribution >= 4 is 34.9 Å². The molecule has 6 nitrogen and oxygen atoms in total. The molecule has 0 saturated heterocycles. The number of aliphatic carboxylic acids is 1. The number of carbonyl (C=O) groups excluding carboxylic acids is 1. The van der Waals surface area contributed by atoms with Gasteiger partial charge in [-0.2, -0.15) is 0 Å². The molecule has 0 saturated carbocycles. The van der Waals surface area contributed by atoms with Gasteiger partial charge in [-0.3, -0.25) is 0 Å². The smallest absolute Gasteiger partial charge is 0.419 e. The summed E-state index contributed by atoms with van der Waals surface area (Å²) in [5.74, 6) is -1.10. The van der Waals surface area contributed by atoms with Crippen LogP contribution in [0, 0.1) is 0 Å². The summed E-state index contributed by atoms with van der Waals surface area (Å²) >= 11 is 1.73. The van der Waals surface area contributed by atoms with E-state index in [9.17, 15) is 14.7 Å². The molecule has 1 atom stereocenters. The van der Waals surface area contributed by atoms with Crippen LogP contribution in [0.4, 0.5) is 4.79 Å². The third-order valence-electron chi connectivity index (χ3n) is 5.00. The van der Waals surface area contributed by atoms with Crippen LogP contribution in [0.5, 0.6) is 0 Å². The van der Waals surface area contributed by atoms with Gasteiger partial charge >= 0.3 is 12.1 Å². The van der Waals surface area contributed by atoms with Crippen molar-refractivity contribution in [3.63, 3.8) is 0 Å². The highest BCUT2D eigenvalue weighted by Gasteiger charge is 2.32. The third kappa shape index (κ3) is 4.30. The maximum Gasteiger partial charge on any atom is 0.419 e. The van der Waals surface area contributed by atoms with E-state index in [-0.39, 0.29) is 12.5 Å². The van der Waals surface area contributed by atoms with E-state index in [1.807, 2.05) is 36.4 Å². The second-order valence-corrected chi connectivity index (χ2v) is 7.79. The Morgan fingerprint density at radius 1 is 1.07 bits per heavy atom. The summed E-state index contributed by atoms with van der Waals surface area (Å²) < 4.78 is 6.67. The van der Waals surface area contributed by atoms with E-state index < -0.39 is 18.1 Å². The summed E-state index contributed by atoms with van der Waals surface area (Å²) in [4.78, 5) is 24.1. The van der Waals surface area contributed by atoms with E-state index in [0.717, 1.165) is 31.8 Å². The lowest BCUT2D eigenvalue weighted by atomic mass is 9.98. The predicted octanol–water partition coefficient (Wildman–Crippen LogP) is 4.17. The molecule has 0 unspecified atom stereocenters. The van der Waals surface area contributed by atoms with Gasteiger partial charge in [-0.1, -0.05) is 48.5 Å². The lowest BCUT2D eigenvalue weighted by Gasteiger charge is -2.23. The molecule has 2 aromatic carbocycles. The first kappa shape index (κ1) is 20.6. The number of unbranched alkanes of at least 4 members (excludes halogenated alkanes) is 1. The van der Waals surface area contributed by atoms with E-state index in [1.54, 1.807) is 22.9 Å². The van der Waals surface area contributed by atoms with Crippen molar-refractivity contribution < 1.29 is 19.4 Å². The van der Waals surface area contributed by atoms with Crippen molar-refractivity contribution in [2.24, 2.45) is 5.73 Å². The molecular formula is C21H23IN2O4. The number of amides is 1. The molecule has 0 heterocycles. The Kier molecular flexibility index (Phi) is 6.90. The number of carboxylic acids is 1. The molecule has 7 heteroatoms. The van der Waals surface area contributed by atoms with Gasteiger partial charge in [0.1, 0.15) is 12.6 Å². The predicted molar refractivity (Wildman–Crippen MR) is 115 cm³/mol. The van der Waals surface area contributed by atoms with Gasteiger partial charge in [0, 0.05) is 5.92 Å². The van der Waals surface area contributed by atoms with Crippen LogP contribution in [0.25, 0.3) is 11.1 Å². The molecule has 0 radical (unpaired) electrons. The zero-order chi connectivity index (χ0) is 20.1. The number of fused-ring (bicyclic) bond motifs is 3. The number of nitrogens with two attached hydrogens (primary N) is 1. The zero-order valence-corrected chi connectivity index (χ0v) is 17.5. The minimum absolute atomic E-state index is 0.0540. The summed E-state index contributed by atoms with van der Waals surface area (Å²) in [6.45, 7) is 0.667. The van der Waals surface area contributed by atoms with Crippen molar-refractivity contribution in [1.29, 1.82) is 0 Å². The molecule has 0 aromatic heterocycles. The summed E-state index contributed by atoms with van der Waals surface area (Å²) in [6, 6.07) is 15.2. The largest absolute Gasteiger partial charge is 0.480 e. The quantitative estimate of drug-likeness (QED) is 0.327. The second-order valence-electron chi connectivity index (χ2n) is 6.75. The second kappa shape index (κ2) is 9.38.